The van der Waals surface area contributed by atoms with Crippen molar-refractivity contribution in [1.82, 2.24) is 25.0 Å². The lowest BCUT2D eigenvalue weighted by Gasteiger charge is -2.26. The van der Waals surface area contributed by atoms with Gasteiger partial charge in [0.15, 0.2) is 11.0 Å². The number of rotatable bonds is 10. The summed E-state index contributed by atoms with van der Waals surface area (Å²) in [5.74, 6) is 1.87. The topological polar surface area (TPSA) is 72.3 Å². The molecule has 1 atom stereocenters. The summed E-state index contributed by atoms with van der Waals surface area (Å²) in [6.45, 7) is 5.34. The third-order valence-electron chi connectivity index (χ3n) is 5.26. The first-order chi connectivity index (χ1) is 15.4. The lowest BCUT2D eigenvalue weighted by atomic mass is 10.0. The van der Waals surface area contributed by atoms with Crippen molar-refractivity contribution in [3.63, 3.8) is 0 Å². The summed E-state index contributed by atoms with van der Waals surface area (Å²) < 4.78 is 7.54. The molecule has 0 saturated carbocycles. The van der Waals surface area contributed by atoms with E-state index < -0.39 is 0 Å². The van der Waals surface area contributed by atoms with Gasteiger partial charge in [-0.05, 0) is 40.1 Å². The first kappa shape index (κ1) is 23.8. The van der Waals surface area contributed by atoms with E-state index >= 15 is 0 Å². The van der Waals surface area contributed by atoms with Gasteiger partial charge in [0.05, 0.1) is 18.9 Å². The van der Waals surface area contributed by atoms with Crippen molar-refractivity contribution in [2.24, 2.45) is 0 Å². The SMILES string of the molecule is CCn1c(SCC(=O)NCC(c2ccccc2OC)N(C)C)nnc1-c1cccc(C)c1. The number of carbonyl (C=O) groups excluding carboxylic acids is 1. The first-order valence-corrected chi connectivity index (χ1v) is 11.6. The van der Waals surface area contributed by atoms with E-state index in [1.54, 1.807) is 7.11 Å². The van der Waals surface area contributed by atoms with E-state index in [4.69, 9.17) is 4.74 Å². The Balaban J connectivity index is 1.63. The van der Waals surface area contributed by atoms with Crippen molar-refractivity contribution in [3.05, 3.63) is 59.7 Å². The van der Waals surface area contributed by atoms with Gasteiger partial charge < -0.3 is 19.5 Å². The summed E-state index contributed by atoms with van der Waals surface area (Å²) in [6, 6.07) is 16.1. The van der Waals surface area contributed by atoms with E-state index in [0.29, 0.717) is 6.54 Å². The van der Waals surface area contributed by atoms with Crippen LogP contribution in [0.5, 0.6) is 5.75 Å². The molecule has 3 rings (SSSR count). The Kier molecular flexibility index (Phi) is 8.30. The number of hydrogen-bond acceptors (Lipinski definition) is 6. The lowest BCUT2D eigenvalue weighted by Crippen LogP contribution is -2.35. The Hall–Kier alpha value is -2.84. The van der Waals surface area contributed by atoms with Crippen LogP contribution >= 0.6 is 11.8 Å². The van der Waals surface area contributed by atoms with Gasteiger partial charge in [0, 0.05) is 24.2 Å². The van der Waals surface area contributed by atoms with Gasteiger partial charge in [-0.25, -0.2) is 0 Å². The highest BCUT2D eigenvalue weighted by atomic mass is 32.2. The van der Waals surface area contributed by atoms with E-state index in [-0.39, 0.29) is 17.7 Å². The lowest BCUT2D eigenvalue weighted by molar-refractivity contribution is -0.118. The van der Waals surface area contributed by atoms with Crippen LogP contribution in [-0.4, -0.2) is 59.1 Å². The minimum absolute atomic E-state index is 0.00678. The molecule has 0 aliphatic carbocycles. The number of benzene rings is 2. The monoisotopic (exact) mass is 453 g/mol. The molecule has 170 valence electrons. The minimum atomic E-state index is -0.0421. The van der Waals surface area contributed by atoms with Crippen LogP contribution in [0.25, 0.3) is 11.4 Å². The number of aromatic nitrogens is 3. The number of nitrogens with zero attached hydrogens (tertiary/aromatic N) is 4. The number of hydrogen-bond donors (Lipinski definition) is 1. The normalized spacial score (nSPS) is 12.1. The number of thioether (sulfide) groups is 1. The number of ether oxygens (including phenoxy) is 1. The van der Waals surface area contributed by atoms with E-state index in [9.17, 15) is 4.79 Å². The fourth-order valence-corrected chi connectivity index (χ4v) is 4.41. The maximum absolute atomic E-state index is 12.6. The molecule has 2 aromatic carbocycles. The number of nitrogens with one attached hydrogen (secondary N) is 1. The number of aryl methyl sites for hydroxylation is 1. The van der Waals surface area contributed by atoms with Crippen LogP contribution < -0.4 is 10.1 Å². The summed E-state index contributed by atoms with van der Waals surface area (Å²) in [6.07, 6.45) is 0. The Morgan fingerprint density at radius 1 is 1.19 bits per heavy atom. The fraction of sp³-hybridized carbons (Fsp3) is 0.375. The van der Waals surface area contributed by atoms with E-state index in [1.807, 2.05) is 55.1 Å². The molecule has 32 heavy (non-hydrogen) atoms. The van der Waals surface area contributed by atoms with Gasteiger partial charge in [-0.3, -0.25) is 4.79 Å². The predicted molar refractivity (Wildman–Crippen MR) is 129 cm³/mol. The number of carbonyl (C=O) groups is 1. The number of para-hydroxylation sites is 1. The van der Waals surface area contributed by atoms with Crippen molar-refractivity contribution < 1.29 is 9.53 Å². The minimum Gasteiger partial charge on any atom is -0.496 e. The third kappa shape index (κ3) is 5.69. The average molecular weight is 454 g/mol. The second kappa shape index (κ2) is 11.2. The molecule has 1 unspecified atom stereocenters. The standard InChI is InChI=1S/C24H31N5O2S/c1-6-29-23(18-11-9-10-17(2)14-18)26-27-24(29)32-16-22(30)25-15-20(28(3)4)19-12-7-8-13-21(19)31-5/h7-14,20H,6,15-16H2,1-5H3,(H,25,30). The molecule has 0 saturated heterocycles. The highest BCUT2D eigenvalue weighted by molar-refractivity contribution is 7.99. The molecule has 0 spiro atoms. The van der Waals surface area contributed by atoms with Crippen molar-refractivity contribution in [1.29, 1.82) is 0 Å². The molecule has 0 bridgehead atoms. The zero-order valence-electron chi connectivity index (χ0n) is 19.3. The van der Waals surface area contributed by atoms with Crippen molar-refractivity contribution in [3.8, 4) is 17.1 Å². The molecular weight excluding hydrogens is 422 g/mol. The molecule has 1 amide bonds. The average Bonchev–Trinajstić information content (AvgIpc) is 3.21. The summed E-state index contributed by atoms with van der Waals surface area (Å²) in [5, 5.41) is 12.5. The van der Waals surface area contributed by atoms with Crippen LogP contribution in [0.1, 0.15) is 24.1 Å². The molecule has 0 fully saturated rings. The van der Waals surface area contributed by atoms with Gasteiger partial charge in [0.2, 0.25) is 5.91 Å². The molecule has 3 aromatic rings. The van der Waals surface area contributed by atoms with Crippen molar-refractivity contribution >= 4 is 17.7 Å². The van der Waals surface area contributed by atoms with Crippen LogP contribution in [0.3, 0.4) is 0 Å². The first-order valence-electron chi connectivity index (χ1n) is 10.6. The molecule has 7 nitrogen and oxygen atoms in total. The largest absolute Gasteiger partial charge is 0.496 e. The van der Waals surface area contributed by atoms with Gasteiger partial charge in [0.1, 0.15) is 5.75 Å². The Bertz CT molecular complexity index is 1050. The van der Waals surface area contributed by atoms with Crippen molar-refractivity contribution in [2.75, 3.05) is 33.5 Å². The van der Waals surface area contributed by atoms with E-state index in [2.05, 4.69) is 46.4 Å². The molecule has 8 heteroatoms. The molecule has 1 aromatic heterocycles. The highest BCUT2D eigenvalue weighted by Crippen LogP contribution is 2.28. The third-order valence-corrected chi connectivity index (χ3v) is 6.22. The smallest absolute Gasteiger partial charge is 0.230 e. The molecule has 1 heterocycles. The summed E-state index contributed by atoms with van der Waals surface area (Å²) >= 11 is 1.40. The van der Waals surface area contributed by atoms with Gasteiger partial charge in [-0.1, -0.05) is 53.7 Å². The second-order valence-corrected chi connectivity index (χ2v) is 8.68. The van der Waals surface area contributed by atoms with Gasteiger partial charge >= 0.3 is 0 Å². The summed E-state index contributed by atoms with van der Waals surface area (Å²) in [7, 11) is 5.65. The maximum Gasteiger partial charge on any atom is 0.230 e. The molecule has 0 aliphatic rings. The second-order valence-electron chi connectivity index (χ2n) is 7.73. The number of amides is 1. The van der Waals surface area contributed by atoms with Gasteiger partial charge in [0.25, 0.3) is 0 Å². The van der Waals surface area contributed by atoms with Crippen LogP contribution in [0.15, 0.2) is 53.7 Å². The van der Waals surface area contributed by atoms with Gasteiger partial charge in [-0.15, -0.1) is 10.2 Å². The van der Waals surface area contributed by atoms with Crippen LogP contribution in [0.4, 0.5) is 0 Å². The Morgan fingerprint density at radius 3 is 2.66 bits per heavy atom. The summed E-state index contributed by atoms with van der Waals surface area (Å²) in [5.41, 5.74) is 3.25. The molecule has 0 aliphatic heterocycles. The van der Waals surface area contributed by atoms with Crippen LogP contribution in [0, 0.1) is 6.92 Å². The van der Waals surface area contributed by atoms with Crippen molar-refractivity contribution in [2.45, 2.75) is 31.6 Å². The molecule has 1 N–H and O–H groups in total. The predicted octanol–water partition coefficient (Wildman–Crippen LogP) is 3.79. The highest BCUT2D eigenvalue weighted by Gasteiger charge is 2.20. The maximum atomic E-state index is 12.6. The number of likely N-dealkylation sites (N-methyl/N-ethyl adjacent to an activating group) is 1. The van der Waals surface area contributed by atoms with Crippen LogP contribution in [0.2, 0.25) is 0 Å². The Labute approximate surface area is 194 Å². The van der Waals surface area contributed by atoms with E-state index in [0.717, 1.165) is 34.4 Å². The van der Waals surface area contributed by atoms with Gasteiger partial charge in [-0.2, -0.15) is 0 Å². The quantitative estimate of drug-likeness (QED) is 0.471. The fourth-order valence-electron chi connectivity index (χ4n) is 3.58. The van der Waals surface area contributed by atoms with Crippen LogP contribution in [-0.2, 0) is 11.3 Å². The summed E-state index contributed by atoms with van der Waals surface area (Å²) in [4.78, 5) is 14.7. The zero-order valence-corrected chi connectivity index (χ0v) is 20.1. The Morgan fingerprint density at radius 2 is 1.97 bits per heavy atom. The van der Waals surface area contributed by atoms with E-state index in [1.165, 1.54) is 17.3 Å². The zero-order chi connectivity index (χ0) is 23.1. The molecular formula is C24H31N5O2S. The molecule has 0 radical (unpaired) electrons. The number of methoxy groups -OCH3 is 1.